The van der Waals surface area contributed by atoms with E-state index < -0.39 is 80.2 Å². The lowest BCUT2D eigenvalue weighted by Gasteiger charge is -2.30. The van der Waals surface area contributed by atoms with Gasteiger partial charge in [-0.05, 0) is 96.4 Å². The number of carbonyl (C=O) groups is 4. The number of alkyl carbamates (subject to hydrolysis) is 1. The van der Waals surface area contributed by atoms with Gasteiger partial charge in [0.15, 0.2) is 0 Å². The van der Waals surface area contributed by atoms with Crippen molar-refractivity contribution in [1.82, 2.24) is 30.2 Å². The van der Waals surface area contributed by atoms with Gasteiger partial charge in [-0.3, -0.25) is 19.1 Å². The first-order valence-corrected chi connectivity index (χ1v) is 21.8. The van der Waals surface area contributed by atoms with E-state index in [0.717, 1.165) is 38.8 Å². The molecule has 58 heavy (non-hydrogen) atoms. The summed E-state index contributed by atoms with van der Waals surface area (Å²) in [6.45, 7) is 6.65. The summed E-state index contributed by atoms with van der Waals surface area (Å²) in [5.74, 6) is -1.84. The smallest absolute Gasteiger partial charge is 0.408 e. The molecule has 4 heterocycles. The molecule has 16 nitrogen and oxygen atoms in total. The van der Waals surface area contributed by atoms with Crippen LogP contribution < -0.4 is 30.3 Å². The molecule has 4 N–H and O–H groups in total. The first-order valence-electron chi connectivity index (χ1n) is 20.3. The van der Waals surface area contributed by atoms with Crippen LogP contribution in [0.4, 0.5) is 26.6 Å². The Balaban J connectivity index is 1.18. The molecule has 0 spiro atoms. The standard InChI is InChI=1S/C40H53FN8O8S/c1-39(2,3)57-38(53)43-30-12-8-6-4-5-7-11-25-23-40(25,36(52)47-58(54,55)29-17-18-29)46-34(50)31-21-28(24-49(31)35(30)51)56-33-22-32(48-19-9-10-20-48)44-37(45-33)42-27-15-13-26(41)14-16-27/h7,11,13-16,22,25,28-31H,4-6,8-10,12,17-21,23-24H2,1-3H3,(H,43,53)(H,46,50)(H,47,52)(H,42,44,45)/b11-7-/t25-,28+,30-,31-,40+/m0/s1. The molecule has 4 amide bonds. The van der Waals surface area contributed by atoms with Crippen molar-refractivity contribution in [3.63, 3.8) is 0 Å². The van der Waals surface area contributed by atoms with Crippen LogP contribution in [-0.2, 0) is 29.1 Å². The van der Waals surface area contributed by atoms with Crippen molar-refractivity contribution in [2.75, 3.05) is 29.9 Å². The van der Waals surface area contributed by atoms with Gasteiger partial charge < -0.3 is 35.2 Å². The maximum Gasteiger partial charge on any atom is 0.408 e. The van der Waals surface area contributed by atoms with Crippen LogP contribution in [0.2, 0.25) is 0 Å². The highest BCUT2D eigenvalue weighted by Crippen LogP contribution is 2.46. The summed E-state index contributed by atoms with van der Waals surface area (Å²) >= 11 is 0. The fourth-order valence-corrected chi connectivity index (χ4v) is 9.13. The minimum atomic E-state index is -3.92. The number of fused-ring (bicyclic) bond motifs is 2. The highest BCUT2D eigenvalue weighted by atomic mass is 32.2. The number of nitrogens with zero attached hydrogens (tertiary/aromatic N) is 4. The van der Waals surface area contributed by atoms with Gasteiger partial charge in [-0.25, -0.2) is 17.6 Å². The molecule has 1 aromatic carbocycles. The average Bonchev–Trinajstić information content (AvgIpc) is 4.02. The Morgan fingerprint density at radius 1 is 1.00 bits per heavy atom. The predicted molar refractivity (Wildman–Crippen MR) is 212 cm³/mol. The van der Waals surface area contributed by atoms with Gasteiger partial charge in [0.25, 0.3) is 5.91 Å². The van der Waals surface area contributed by atoms with Crippen molar-refractivity contribution in [2.24, 2.45) is 5.92 Å². The molecule has 0 radical (unpaired) electrons. The van der Waals surface area contributed by atoms with Gasteiger partial charge in [0.05, 0.1) is 11.8 Å². The first-order chi connectivity index (χ1) is 27.6. The average molecular weight is 825 g/mol. The number of carbonyl (C=O) groups excluding carboxylic acids is 4. The van der Waals surface area contributed by atoms with Gasteiger partial charge in [0.1, 0.15) is 41.0 Å². The van der Waals surface area contributed by atoms with Gasteiger partial charge >= 0.3 is 6.09 Å². The normalized spacial score (nSPS) is 27.2. The third kappa shape index (κ3) is 9.99. The Morgan fingerprint density at radius 3 is 2.45 bits per heavy atom. The van der Waals surface area contributed by atoms with Crippen LogP contribution in [0.25, 0.3) is 0 Å². The number of ether oxygens (including phenoxy) is 2. The summed E-state index contributed by atoms with van der Waals surface area (Å²) in [6, 6.07) is 5.26. The van der Waals surface area contributed by atoms with Gasteiger partial charge in [-0.2, -0.15) is 9.97 Å². The molecule has 2 aromatic rings. The summed E-state index contributed by atoms with van der Waals surface area (Å²) in [4.78, 5) is 68.6. The quantitative estimate of drug-likeness (QED) is 0.263. The SMILES string of the molecule is CC(C)(C)OC(=O)N[C@H]1CCCCC/C=C\[C@H]2C[C@@]2(C(=O)NS(=O)(=O)C2CC2)NC(=O)[C@@H]2C[C@@H](Oc3cc(N4CCCC4)nc(Nc4ccc(F)cc4)n3)CN2C1=O. The van der Waals surface area contributed by atoms with E-state index in [1.54, 1.807) is 39.0 Å². The van der Waals surface area contributed by atoms with E-state index in [1.165, 1.54) is 17.0 Å². The number of sulfonamides is 1. The molecule has 2 aliphatic carbocycles. The molecule has 1 aromatic heterocycles. The fourth-order valence-electron chi connectivity index (χ4n) is 7.77. The second-order valence-electron chi connectivity index (χ2n) is 16.9. The van der Waals surface area contributed by atoms with Crippen molar-refractivity contribution >= 4 is 51.3 Å². The van der Waals surface area contributed by atoms with Crippen LogP contribution in [0.1, 0.15) is 91.4 Å². The summed E-state index contributed by atoms with van der Waals surface area (Å²) in [7, 11) is -3.92. The molecular weight excluding hydrogens is 772 g/mol. The second kappa shape index (κ2) is 16.7. The molecule has 7 rings (SSSR count). The first kappa shape index (κ1) is 41.2. The Hall–Kier alpha value is -5.00. The summed E-state index contributed by atoms with van der Waals surface area (Å²) < 4.78 is 53.6. The molecule has 5 aliphatic rings. The highest BCUT2D eigenvalue weighted by molar-refractivity contribution is 7.91. The molecule has 18 heteroatoms. The van der Waals surface area contributed by atoms with Crippen LogP contribution in [-0.4, -0.2) is 101 Å². The van der Waals surface area contributed by atoms with Gasteiger partial charge in [-0.1, -0.05) is 25.0 Å². The summed E-state index contributed by atoms with van der Waals surface area (Å²) in [6.07, 6.45) is 8.41. The molecule has 5 atom stereocenters. The van der Waals surface area contributed by atoms with Gasteiger partial charge in [0, 0.05) is 37.2 Å². The van der Waals surface area contributed by atoms with Gasteiger partial charge in [-0.15, -0.1) is 0 Å². The minimum absolute atomic E-state index is 0.000910. The Morgan fingerprint density at radius 2 is 1.74 bits per heavy atom. The van der Waals surface area contributed by atoms with E-state index in [1.807, 2.05) is 12.2 Å². The maximum atomic E-state index is 14.6. The topological polar surface area (TPSA) is 201 Å². The lowest BCUT2D eigenvalue weighted by atomic mass is 10.0. The lowest BCUT2D eigenvalue weighted by Crippen LogP contribution is -2.58. The molecule has 0 unspecified atom stereocenters. The molecular formula is C40H53FN8O8S. The van der Waals surface area contributed by atoms with E-state index in [9.17, 15) is 32.0 Å². The zero-order chi connectivity index (χ0) is 41.2. The van der Waals surface area contributed by atoms with Crippen LogP contribution in [0, 0.1) is 11.7 Å². The summed E-state index contributed by atoms with van der Waals surface area (Å²) in [5.41, 5.74) is -1.80. The zero-order valence-electron chi connectivity index (χ0n) is 33.2. The van der Waals surface area contributed by atoms with E-state index >= 15 is 0 Å². The molecule has 3 aliphatic heterocycles. The Labute approximate surface area is 338 Å². The van der Waals surface area contributed by atoms with Crippen LogP contribution in [0.3, 0.4) is 0 Å². The van der Waals surface area contributed by atoms with Crippen molar-refractivity contribution < 1.29 is 41.5 Å². The third-order valence-corrected chi connectivity index (χ3v) is 12.9. The third-order valence-electron chi connectivity index (χ3n) is 11.0. The second-order valence-corrected chi connectivity index (χ2v) is 18.9. The fraction of sp³-hybridized carbons (Fsp3) is 0.600. The largest absolute Gasteiger partial charge is 0.472 e. The maximum absolute atomic E-state index is 14.6. The van der Waals surface area contributed by atoms with Crippen LogP contribution in [0.5, 0.6) is 5.88 Å². The Bertz CT molecular complexity index is 2020. The van der Waals surface area contributed by atoms with E-state index in [2.05, 4.69) is 30.6 Å². The van der Waals surface area contributed by atoms with Crippen LogP contribution >= 0.6 is 0 Å². The van der Waals surface area contributed by atoms with Crippen molar-refractivity contribution in [3.8, 4) is 5.88 Å². The Kier molecular flexibility index (Phi) is 11.9. The number of rotatable bonds is 9. The number of allylic oxidation sites excluding steroid dienone is 1. The number of aromatic nitrogens is 2. The van der Waals surface area contributed by atoms with Crippen molar-refractivity contribution in [1.29, 1.82) is 0 Å². The highest BCUT2D eigenvalue weighted by Gasteiger charge is 2.62. The number of nitrogens with one attached hydrogen (secondary N) is 4. The van der Waals surface area contributed by atoms with Gasteiger partial charge in [0.2, 0.25) is 33.7 Å². The van der Waals surface area contributed by atoms with Crippen molar-refractivity contribution in [2.45, 2.75) is 126 Å². The zero-order valence-corrected chi connectivity index (χ0v) is 34.0. The minimum Gasteiger partial charge on any atom is -0.472 e. The molecule has 4 fully saturated rings. The monoisotopic (exact) mass is 824 g/mol. The predicted octanol–water partition coefficient (Wildman–Crippen LogP) is 4.20. The number of anilines is 3. The van der Waals surface area contributed by atoms with Crippen molar-refractivity contribution in [3.05, 3.63) is 48.3 Å². The van der Waals surface area contributed by atoms with E-state index in [-0.39, 0.29) is 37.6 Å². The number of halogens is 1. The van der Waals surface area contributed by atoms with Crippen LogP contribution in [0.15, 0.2) is 42.5 Å². The van der Waals surface area contributed by atoms with E-state index in [0.29, 0.717) is 37.2 Å². The van der Waals surface area contributed by atoms with E-state index in [4.69, 9.17) is 14.5 Å². The number of hydrogen-bond acceptors (Lipinski definition) is 12. The number of hydrogen-bond donors (Lipinski definition) is 4. The summed E-state index contributed by atoms with van der Waals surface area (Å²) in [5, 5.41) is 8.08. The number of benzene rings is 1. The molecule has 0 bridgehead atoms. The molecule has 314 valence electrons. The number of amides is 4. The lowest BCUT2D eigenvalue weighted by molar-refractivity contribution is -0.141. The molecule has 2 saturated carbocycles. The molecule has 2 saturated heterocycles.